The molecule has 0 aliphatic rings. The third-order valence-corrected chi connectivity index (χ3v) is 3.26. The van der Waals surface area contributed by atoms with Gasteiger partial charge in [0.15, 0.2) is 0 Å². The lowest BCUT2D eigenvalue weighted by Gasteiger charge is -2.21. The number of rotatable bonds is 4. The number of nitrogens with two attached hydrogens (primary N) is 1. The molecule has 0 saturated carbocycles. The van der Waals surface area contributed by atoms with E-state index in [4.69, 9.17) is 10.5 Å². The van der Waals surface area contributed by atoms with Crippen LogP contribution in [0.1, 0.15) is 11.1 Å². The molecule has 0 spiro atoms. The third kappa shape index (κ3) is 3.19. The quantitative estimate of drug-likeness (QED) is 0.854. The van der Waals surface area contributed by atoms with Crippen molar-refractivity contribution < 1.29 is 4.74 Å². The Morgan fingerprint density at radius 2 is 1.89 bits per heavy atom. The Morgan fingerprint density at radius 3 is 2.58 bits per heavy atom. The Kier molecular flexibility index (Phi) is 3.95. The maximum absolute atomic E-state index is 5.89. The lowest BCUT2D eigenvalue weighted by atomic mass is 10.1. The Labute approximate surface area is 114 Å². The highest BCUT2D eigenvalue weighted by Crippen LogP contribution is 2.26. The van der Waals surface area contributed by atoms with Gasteiger partial charge in [0.25, 0.3) is 0 Å². The van der Waals surface area contributed by atoms with E-state index in [1.54, 1.807) is 7.11 Å². The predicted molar refractivity (Wildman–Crippen MR) is 80.7 cm³/mol. The largest absolute Gasteiger partial charge is 0.497 e. The third-order valence-electron chi connectivity index (χ3n) is 3.26. The van der Waals surface area contributed by atoms with Crippen molar-refractivity contribution >= 4 is 11.4 Å². The minimum Gasteiger partial charge on any atom is -0.497 e. The molecule has 3 nitrogen and oxygen atoms in total. The summed E-state index contributed by atoms with van der Waals surface area (Å²) in [5.41, 5.74) is 10.3. The van der Waals surface area contributed by atoms with E-state index in [1.807, 2.05) is 18.2 Å². The molecule has 0 heterocycles. The van der Waals surface area contributed by atoms with E-state index in [0.717, 1.165) is 18.0 Å². The molecule has 0 saturated heterocycles. The molecule has 0 atom stereocenters. The minimum absolute atomic E-state index is 0.714. The highest BCUT2D eigenvalue weighted by Gasteiger charge is 2.06. The molecule has 0 unspecified atom stereocenters. The summed E-state index contributed by atoms with van der Waals surface area (Å²) in [4.78, 5) is 2.17. The lowest BCUT2D eigenvalue weighted by Crippen LogP contribution is -2.17. The zero-order valence-electron chi connectivity index (χ0n) is 11.7. The second-order valence-electron chi connectivity index (χ2n) is 4.75. The lowest BCUT2D eigenvalue weighted by molar-refractivity contribution is 0.415. The van der Waals surface area contributed by atoms with E-state index in [2.05, 4.69) is 43.1 Å². The predicted octanol–water partition coefficient (Wildman–Crippen LogP) is 3.22. The second-order valence-corrected chi connectivity index (χ2v) is 4.75. The van der Waals surface area contributed by atoms with Gasteiger partial charge >= 0.3 is 0 Å². The van der Waals surface area contributed by atoms with Crippen molar-refractivity contribution in [2.75, 3.05) is 24.8 Å². The summed E-state index contributed by atoms with van der Waals surface area (Å²) in [5, 5.41) is 0. The second kappa shape index (κ2) is 5.65. The summed E-state index contributed by atoms with van der Waals surface area (Å²) in [6.07, 6.45) is 0. The SMILES string of the molecule is COc1cc(N)cc(N(C)Cc2ccccc2C)c1. The molecule has 19 heavy (non-hydrogen) atoms. The number of aryl methyl sites for hydroxylation is 1. The summed E-state index contributed by atoms with van der Waals surface area (Å²) < 4.78 is 5.25. The molecule has 3 heteroatoms. The topological polar surface area (TPSA) is 38.5 Å². The number of hydrogen-bond acceptors (Lipinski definition) is 3. The van der Waals surface area contributed by atoms with Crippen LogP contribution in [0.25, 0.3) is 0 Å². The molecule has 0 bridgehead atoms. The molecular formula is C16H20N2O. The van der Waals surface area contributed by atoms with Gasteiger partial charge < -0.3 is 15.4 Å². The first-order chi connectivity index (χ1) is 9.10. The van der Waals surface area contributed by atoms with Crippen LogP contribution in [0.15, 0.2) is 42.5 Å². The van der Waals surface area contributed by atoms with E-state index in [0.29, 0.717) is 5.69 Å². The number of ether oxygens (including phenoxy) is 1. The summed E-state index contributed by atoms with van der Waals surface area (Å²) in [6.45, 7) is 2.97. The smallest absolute Gasteiger partial charge is 0.122 e. The van der Waals surface area contributed by atoms with Gasteiger partial charge in [-0.25, -0.2) is 0 Å². The van der Waals surface area contributed by atoms with Crippen LogP contribution in [0, 0.1) is 6.92 Å². The van der Waals surface area contributed by atoms with Crippen LogP contribution in [-0.2, 0) is 6.54 Å². The molecule has 2 rings (SSSR count). The van der Waals surface area contributed by atoms with Gasteiger partial charge in [-0.05, 0) is 24.1 Å². The van der Waals surface area contributed by atoms with Crippen molar-refractivity contribution in [3.8, 4) is 5.75 Å². The molecule has 0 aromatic heterocycles. The summed E-state index contributed by atoms with van der Waals surface area (Å²) in [6, 6.07) is 14.2. The van der Waals surface area contributed by atoms with E-state index < -0.39 is 0 Å². The van der Waals surface area contributed by atoms with Crippen LogP contribution < -0.4 is 15.4 Å². The fourth-order valence-corrected chi connectivity index (χ4v) is 2.08. The molecule has 2 aromatic carbocycles. The summed E-state index contributed by atoms with van der Waals surface area (Å²) in [7, 11) is 3.71. The van der Waals surface area contributed by atoms with Crippen LogP contribution >= 0.6 is 0 Å². The zero-order valence-corrected chi connectivity index (χ0v) is 11.7. The first kappa shape index (κ1) is 13.3. The number of methoxy groups -OCH3 is 1. The molecule has 2 aromatic rings. The Balaban J connectivity index is 2.22. The van der Waals surface area contributed by atoms with Crippen molar-refractivity contribution in [2.45, 2.75) is 13.5 Å². The van der Waals surface area contributed by atoms with Gasteiger partial charge in [-0.1, -0.05) is 24.3 Å². The van der Waals surface area contributed by atoms with Crippen LogP contribution in [-0.4, -0.2) is 14.2 Å². The monoisotopic (exact) mass is 256 g/mol. The van der Waals surface area contributed by atoms with Crippen LogP contribution in [0.2, 0.25) is 0 Å². The maximum Gasteiger partial charge on any atom is 0.122 e. The van der Waals surface area contributed by atoms with Crippen LogP contribution in [0.3, 0.4) is 0 Å². The first-order valence-electron chi connectivity index (χ1n) is 6.30. The summed E-state index contributed by atoms with van der Waals surface area (Å²) in [5.74, 6) is 0.784. The van der Waals surface area contributed by atoms with Crippen LogP contribution in [0.5, 0.6) is 5.75 Å². The van der Waals surface area contributed by atoms with Crippen molar-refractivity contribution in [3.05, 3.63) is 53.6 Å². The molecule has 0 amide bonds. The van der Waals surface area contributed by atoms with Gasteiger partial charge in [0, 0.05) is 37.1 Å². The highest BCUT2D eigenvalue weighted by molar-refractivity contribution is 5.60. The summed E-state index contributed by atoms with van der Waals surface area (Å²) >= 11 is 0. The Hall–Kier alpha value is -2.16. The average molecular weight is 256 g/mol. The van der Waals surface area contributed by atoms with Crippen molar-refractivity contribution in [2.24, 2.45) is 0 Å². The number of nitrogen functional groups attached to an aromatic ring is 1. The van der Waals surface area contributed by atoms with Gasteiger partial charge in [0.05, 0.1) is 7.11 Å². The molecule has 0 aliphatic heterocycles. The zero-order chi connectivity index (χ0) is 13.8. The van der Waals surface area contributed by atoms with Gasteiger partial charge in [-0.15, -0.1) is 0 Å². The van der Waals surface area contributed by atoms with Crippen molar-refractivity contribution in [1.82, 2.24) is 0 Å². The molecule has 0 fully saturated rings. The van der Waals surface area contributed by atoms with E-state index >= 15 is 0 Å². The van der Waals surface area contributed by atoms with E-state index in [9.17, 15) is 0 Å². The molecule has 0 radical (unpaired) electrons. The Morgan fingerprint density at radius 1 is 1.16 bits per heavy atom. The highest BCUT2D eigenvalue weighted by atomic mass is 16.5. The van der Waals surface area contributed by atoms with Crippen molar-refractivity contribution in [3.63, 3.8) is 0 Å². The van der Waals surface area contributed by atoms with Crippen molar-refractivity contribution in [1.29, 1.82) is 0 Å². The normalized spacial score (nSPS) is 10.3. The van der Waals surface area contributed by atoms with Gasteiger partial charge in [0.1, 0.15) is 5.75 Å². The van der Waals surface area contributed by atoms with Gasteiger partial charge in [0.2, 0.25) is 0 Å². The molecule has 2 N–H and O–H groups in total. The number of anilines is 2. The molecular weight excluding hydrogens is 236 g/mol. The number of benzene rings is 2. The molecule has 0 aliphatic carbocycles. The first-order valence-corrected chi connectivity index (χ1v) is 6.30. The molecule has 100 valence electrons. The minimum atomic E-state index is 0.714. The number of hydrogen-bond donors (Lipinski definition) is 1. The average Bonchev–Trinajstić information content (AvgIpc) is 2.40. The number of nitrogens with zero attached hydrogens (tertiary/aromatic N) is 1. The fourth-order valence-electron chi connectivity index (χ4n) is 2.08. The van der Waals surface area contributed by atoms with E-state index in [-0.39, 0.29) is 0 Å². The van der Waals surface area contributed by atoms with Crippen LogP contribution in [0.4, 0.5) is 11.4 Å². The van der Waals surface area contributed by atoms with Gasteiger partial charge in [-0.3, -0.25) is 0 Å². The standard InChI is InChI=1S/C16H20N2O/c1-12-6-4-5-7-13(12)11-18(2)15-8-14(17)9-16(10-15)19-3/h4-10H,11,17H2,1-3H3. The van der Waals surface area contributed by atoms with E-state index in [1.165, 1.54) is 11.1 Å². The Bertz CT molecular complexity index is 566. The maximum atomic E-state index is 5.89. The van der Waals surface area contributed by atoms with Gasteiger partial charge in [-0.2, -0.15) is 0 Å². The fraction of sp³-hybridized carbons (Fsp3) is 0.250.